The van der Waals surface area contributed by atoms with E-state index in [0.717, 1.165) is 5.56 Å². The zero-order valence-electron chi connectivity index (χ0n) is 8.81. The first-order valence-corrected chi connectivity index (χ1v) is 4.91. The summed E-state index contributed by atoms with van der Waals surface area (Å²) in [5.41, 5.74) is -0.0998. The van der Waals surface area contributed by atoms with Gasteiger partial charge in [0.2, 0.25) is 0 Å². The van der Waals surface area contributed by atoms with E-state index in [0.29, 0.717) is 6.42 Å². The van der Waals surface area contributed by atoms with E-state index in [-0.39, 0.29) is 19.0 Å². The van der Waals surface area contributed by atoms with Gasteiger partial charge in [-0.15, -0.1) is 0 Å². The van der Waals surface area contributed by atoms with Gasteiger partial charge in [-0.3, -0.25) is 4.79 Å². The lowest BCUT2D eigenvalue weighted by Crippen LogP contribution is -2.39. The van der Waals surface area contributed by atoms with Crippen molar-refractivity contribution >= 4 is 5.78 Å². The number of rotatable bonds is 5. The predicted octanol–water partition coefficient (Wildman–Crippen LogP) is 0.789. The molecule has 0 aliphatic heterocycles. The molecule has 0 bridgehead atoms. The van der Waals surface area contributed by atoms with Gasteiger partial charge < -0.3 is 10.2 Å². The molecule has 1 rings (SSSR count). The van der Waals surface area contributed by atoms with Crippen molar-refractivity contribution in [2.24, 2.45) is 5.41 Å². The molecule has 0 aromatic heterocycles. The number of hydrogen-bond donors (Lipinski definition) is 2. The number of aliphatic hydroxyl groups excluding tert-OH is 2. The number of Topliss-reactive ketones (excluding diaryl/α,β-unsaturated/α-hetero) is 1. The van der Waals surface area contributed by atoms with Gasteiger partial charge in [0.1, 0.15) is 5.78 Å². The molecule has 3 nitrogen and oxygen atoms in total. The Morgan fingerprint density at radius 2 is 1.73 bits per heavy atom. The van der Waals surface area contributed by atoms with E-state index in [1.807, 2.05) is 30.3 Å². The van der Waals surface area contributed by atoms with Gasteiger partial charge in [0.25, 0.3) is 0 Å². The molecule has 0 radical (unpaired) electrons. The Kier molecular flexibility index (Phi) is 4.00. The Morgan fingerprint density at radius 3 is 2.13 bits per heavy atom. The van der Waals surface area contributed by atoms with E-state index in [1.165, 1.54) is 6.92 Å². The van der Waals surface area contributed by atoms with Crippen LogP contribution < -0.4 is 0 Å². The fraction of sp³-hybridized carbons (Fsp3) is 0.417. The quantitative estimate of drug-likeness (QED) is 0.752. The third-order valence-electron chi connectivity index (χ3n) is 2.74. The second-order valence-corrected chi connectivity index (χ2v) is 3.82. The lowest BCUT2D eigenvalue weighted by atomic mass is 9.80. The summed E-state index contributed by atoms with van der Waals surface area (Å²) in [6, 6.07) is 9.38. The number of ketones is 1. The Balaban J connectivity index is 2.89. The molecule has 0 aliphatic carbocycles. The van der Waals surface area contributed by atoms with Gasteiger partial charge in [-0.2, -0.15) is 0 Å². The SMILES string of the molecule is CC(=O)C(CO)(CO)Cc1ccccc1. The van der Waals surface area contributed by atoms with Crippen molar-refractivity contribution in [3.05, 3.63) is 35.9 Å². The highest BCUT2D eigenvalue weighted by atomic mass is 16.3. The summed E-state index contributed by atoms with van der Waals surface area (Å²) in [5, 5.41) is 18.5. The van der Waals surface area contributed by atoms with Crippen LogP contribution in [0.4, 0.5) is 0 Å². The highest BCUT2D eigenvalue weighted by Gasteiger charge is 2.34. The topological polar surface area (TPSA) is 57.5 Å². The third-order valence-corrected chi connectivity index (χ3v) is 2.74. The molecule has 82 valence electrons. The molecule has 0 saturated heterocycles. The minimum atomic E-state index is -1.04. The van der Waals surface area contributed by atoms with Crippen molar-refractivity contribution in [3.63, 3.8) is 0 Å². The molecule has 15 heavy (non-hydrogen) atoms. The molecule has 1 aromatic carbocycles. The van der Waals surface area contributed by atoms with Gasteiger partial charge in [0, 0.05) is 0 Å². The van der Waals surface area contributed by atoms with Crippen molar-refractivity contribution in [2.45, 2.75) is 13.3 Å². The van der Waals surface area contributed by atoms with Crippen molar-refractivity contribution in [2.75, 3.05) is 13.2 Å². The zero-order chi connectivity index (χ0) is 11.3. The first-order chi connectivity index (χ1) is 7.14. The van der Waals surface area contributed by atoms with E-state index in [2.05, 4.69) is 0 Å². The summed E-state index contributed by atoms with van der Waals surface area (Å²) in [5.74, 6) is -0.184. The second-order valence-electron chi connectivity index (χ2n) is 3.82. The number of carbonyl (C=O) groups is 1. The maximum atomic E-state index is 11.4. The van der Waals surface area contributed by atoms with Crippen LogP contribution in [0.2, 0.25) is 0 Å². The second kappa shape index (κ2) is 5.05. The molecule has 0 heterocycles. The number of hydrogen-bond acceptors (Lipinski definition) is 3. The average molecular weight is 208 g/mol. The fourth-order valence-corrected chi connectivity index (χ4v) is 1.50. The molecule has 2 N–H and O–H groups in total. The number of carbonyl (C=O) groups excluding carboxylic acids is 1. The molecule has 0 atom stereocenters. The summed E-state index contributed by atoms with van der Waals surface area (Å²) in [6.45, 7) is 0.747. The zero-order valence-corrected chi connectivity index (χ0v) is 8.81. The van der Waals surface area contributed by atoms with Crippen LogP contribution in [0.15, 0.2) is 30.3 Å². The van der Waals surface area contributed by atoms with Crippen molar-refractivity contribution < 1.29 is 15.0 Å². The summed E-state index contributed by atoms with van der Waals surface area (Å²) < 4.78 is 0. The first kappa shape index (κ1) is 11.9. The Bertz CT molecular complexity index is 315. The normalized spacial score (nSPS) is 11.4. The molecule has 0 amide bonds. The van der Waals surface area contributed by atoms with E-state index >= 15 is 0 Å². The van der Waals surface area contributed by atoms with Gasteiger partial charge >= 0.3 is 0 Å². The minimum Gasteiger partial charge on any atom is -0.395 e. The molecule has 0 aliphatic rings. The van der Waals surface area contributed by atoms with Gasteiger partial charge in [0.15, 0.2) is 0 Å². The van der Waals surface area contributed by atoms with Crippen LogP contribution in [0.3, 0.4) is 0 Å². The van der Waals surface area contributed by atoms with Crippen molar-refractivity contribution in [1.82, 2.24) is 0 Å². The molecule has 1 aromatic rings. The van der Waals surface area contributed by atoms with Gasteiger partial charge in [0.05, 0.1) is 18.6 Å². The van der Waals surface area contributed by atoms with Crippen LogP contribution in [0.25, 0.3) is 0 Å². The highest BCUT2D eigenvalue weighted by molar-refractivity contribution is 5.83. The van der Waals surface area contributed by atoms with Crippen LogP contribution in [-0.2, 0) is 11.2 Å². The van der Waals surface area contributed by atoms with Crippen LogP contribution in [0.5, 0.6) is 0 Å². The number of benzene rings is 1. The lowest BCUT2D eigenvalue weighted by molar-refractivity contribution is -0.131. The van der Waals surface area contributed by atoms with Crippen LogP contribution in [-0.4, -0.2) is 29.2 Å². The monoisotopic (exact) mass is 208 g/mol. The van der Waals surface area contributed by atoms with Crippen molar-refractivity contribution in [3.8, 4) is 0 Å². The molecule has 3 heteroatoms. The fourth-order valence-electron chi connectivity index (χ4n) is 1.50. The van der Waals surface area contributed by atoms with Gasteiger partial charge in [-0.1, -0.05) is 30.3 Å². The van der Waals surface area contributed by atoms with Crippen LogP contribution in [0, 0.1) is 5.41 Å². The highest BCUT2D eigenvalue weighted by Crippen LogP contribution is 2.23. The van der Waals surface area contributed by atoms with E-state index in [9.17, 15) is 15.0 Å². The largest absolute Gasteiger partial charge is 0.395 e. The molecule has 0 saturated carbocycles. The number of aliphatic hydroxyl groups is 2. The lowest BCUT2D eigenvalue weighted by Gasteiger charge is -2.26. The summed E-state index contributed by atoms with van der Waals surface area (Å²) in [6.07, 6.45) is 0.371. The predicted molar refractivity (Wildman–Crippen MR) is 57.4 cm³/mol. The van der Waals surface area contributed by atoms with Gasteiger partial charge in [-0.25, -0.2) is 0 Å². The standard InChI is InChI=1S/C12H16O3/c1-10(15)12(8-13,9-14)7-11-5-3-2-4-6-11/h2-6,13-14H,7-9H2,1H3. The Morgan fingerprint density at radius 1 is 1.20 bits per heavy atom. The maximum Gasteiger partial charge on any atom is 0.140 e. The van der Waals surface area contributed by atoms with Crippen molar-refractivity contribution in [1.29, 1.82) is 0 Å². The summed E-state index contributed by atoms with van der Waals surface area (Å²) in [7, 11) is 0. The van der Waals surface area contributed by atoms with E-state index in [4.69, 9.17) is 0 Å². The maximum absolute atomic E-state index is 11.4. The van der Waals surface area contributed by atoms with E-state index < -0.39 is 5.41 Å². The Hall–Kier alpha value is -1.19. The smallest absolute Gasteiger partial charge is 0.140 e. The third kappa shape index (κ3) is 2.64. The minimum absolute atomic E-state index is 0.184. The Labute approximate surface area is 89.4 Å². The van der Waals surface area contributed by atoms with Crippen LogP contribution >= 0.6 is 0 Å². The van der Waals surface area contributed by atoms with E-state index in [1.54, 1.807) is 0 Å². The molecular formula is C12H16O3. The molecule has 0 unspecified atom stereocenters. The molecular weight excluding hydrogens is 192 g/mol. The molecule has 0 spiro atoms. The van der Waals surface area contributed by atoms with Crippen LogP contribution in [0.1, 0.15) is 12.5 Å². The summed E-state index contributed by atoms with van der Waals surface area (Å²) in [4.78, 5) is 11.4. The summed E-state index contributed by atoms with van der Waals surface area (Å²) >= 11 is 0. The molecule has 0 fully saturated rings. The first-order valence-electron chi connectivity index (χ1n) is 4.91. The average Bonchev–Trinajstić information content (AvgIpc) is 2.27. The van der Waals surface area contributed by atoms with Gasteiger partial charge in [-0.05, 0) is 18.9 Å².